The Morgan fingerprint density at radius 1 is 1.33 bits per heavy atom. The number of aromatic nitrogens is 7. The van der Waals surface area contributed by atoms with Crippen LogP contribution in [-0.4, -0.2) is 46.4 Å². The van der Waals surface area contributed by atoms with Crippen LogP contribution in [0.3, 0.4) is 0 Å². The molecule has 33 heavy (non-hydrogen) atoms. The second kappa shape index (κ2) is 7.34. The van der Waals surface area contributed by atoms with Crippen LogP contribution in [-0.2, 0) is 11.3 Å². The molecular weight excluding hydrogens is 454 g/mol. The molecule has 0 aliphatic heterocycles. The molecule has 0 radical (unpaired) electrons. The first-order valence-corrected chi connectivity index (χ1v) is 10.5. The minimum absolute atomic E-state index is 0.0465. The molecular formula is C21H15ClF2N8O. The van der Waals surface area contributed by atoms with E-state index in [-0.39, 0.29) is 23.9 Å². The lowest BCUT2D eigenvalue weighted by Crippen LogP contribution is -2.15. The zero-order valence-electron chi connectivity index (χ0n) is 16.8. The lowest BCUT2D eigenvalue weighted by Gasteiger charge is -2.13. The highest BCUT2D eigenvalue weighted by molar-refractivity contribution is 6.35. The summed E-state index contributed by atoms with van der Waals surface area (Å²) in [7, 11) is 0. The van der Waals surface area contributed by atoms with Crippen LogP contribution in [0.1, 0.15) is 12.0 Å². The van der Waals surface area contributed by atoms with E-state index in [0.717, 1.165) is 0 Å². The van der Waals surface area contributed by atoms with Gasteiger partial charge in [0.05, 0.1) is 35.4 Å². The summed E-state index contributed by atoms with van der Waals surface area (Å²) in [6.07, 6.45) is 6.95. The van der Waals surface area contributed by atoms with Crippen molar-refractivity contribution in [3.8, 4) is 11.1 Å². The number of halogens is 3. The van der Waals surface area contributed by atoms with Crippen LogP contribution in [0.5, 0.6) is 0 Å². The summed E-state index contributed by atoms with van der Waals surface area (Å²) in [6.45, 7) is 0.134. The summed E-state index contributed by atoms with van der Waals surface area (Å²) in [5, 5.41) is 14.2. The van der Waals surface area contributed by atoms with Crippen LogP contribution < -0.4 is 5.32 Å². The highest BCUT2D eigenvalue weighted by Crippen LogP contribution is 2.39. The third-order valence-electron chi connectivity index (χ3n) is 5.71. The molecule has 0 spiro atoms. The summed E-state index contributed by atoms with van der Waals surface area (Å²) in [5.41, 5.74) is 2.49. The molecule has 0 bridgehead atoms. The number of carbonyl (C=O) groups is 1. The molecule has 1 saturated carbocycles. The molecule has 2 atom stereocenters. The molecule has 1 amide bonds. The SMILES string of the molecule is O=C(Nc1cn2cc(-c3c(Cl)c(F)c(Cn4cncn4)c4[nH]ncc34)ccc2n1)[C@@H]1C[C@@H]1F. The second-order valence-electron chi connectivity index (χ2n) is 7.89. The number of fused-ring (bicyclic) bond motifs is 2. The number of rotatable bonds is 5. The molecule has 166 valence electrons. The average molecular weight is 469 g/mol. The number of hydrogen-bond donors (Lipinski definition) is 2. The molecule has 0 unspecified atom stereocenters. The zero-order chi connectivity index (χ0) is 22.7. The van der Waals surface area contributed by atoms with Gasteiger partial charge in [-0.05, 0) is 18.6 Å². The number of aromatic amines is 1. The quantitative estimate of drug-likeness (QED) is 0.410. The number of carbonyl (C=O) groups excluding carboxylic acids is 1. The van der Waals surface area contributed by atoms with Gasteiger partial charge in [-0.25, -0.2) is 23.4 Å². The van der Waals surface area contributed by atoms with E-state index in [9.17, 15) is 9.18 Å². The number of imidazole rings is 1. The van der Waals surface area contributed by atoms with Gasteiger partial charge in [-0.3, -0.25) is 9.89 Å². The monoisotopic (exact) mass is 468 g/mol. The number of alkyl halides is 1. The first-order chi connectivity index (χ1) is 16.0. The van der Waals surface area contributed by atoms with Gasteiger partial charge in [0.1, 0.15) is 30.3 Å². The van der Waals surface area contributed by atoms with E-state index in [0.29, 0.717) is 39.1 Å². The van der Waals surface area contributed by atoms with Crippen molar-refractivity contribution in [2.75, 3.05) is 5.32 Å². The number of benzene rings is 1. The van der Waals surface area contributed by atoms with Crippen molar-refractivity contribution >= 4 is 39.9 Å². The zero-order valence-corrected chi connectivity index (χ0v) is 17.6. The van der Waals surface area contributed by atoms with E-state index in [2.05, 4.69) is 30.6 Å². The van der Waals surface area contributed by atoms with Crippen LogP contribution in [0.2, 0.25) is 5.02 Å². The summed E-state index contributed by atoms with van der Waals surface area (Å²) >= 11 is 6.51. The molecule has 6 rings (SSSR count). The fraction of sp³-hybridized carbons (Fsp3) is 0.190. The summed E-state index contributed by atoms with van der Waals surface area (Å²) in [4.78, 5) is 20.2. The minimum atomic E-state index is -1.09. The fourth-order valence-electron chi connectivity index (χ4n) is 3.94. The Morgan fingerprint density at radius 3 is 2.94 bits per heavy atom. The summed E-state index contributed by atoms with van der Waals surface area (Å²) < 4.78 is 31.7. The Hall–Kier alpha value is -3.86. The van der Waals surface area contributed by atoms with E-state index in [1.54, 1.807) is 35.1 Å². The van der Waals surface area contributed by atoms with Gasteiger partial charge in [-0.15, -0.1) is 0 Å². The molecule has 5 aromatic rings. The van der Waals surface area contributed by atoms with Crippen LogP contribution >= 0.6 is 11.6 Å². The van der Waals surface area contributed by atoms with Gasteiger partial charge in [0.15, 0.2) is 5.82 Å². The maximum atomic E-state index is 15.4. The molecule has 1 fully saturated rings. The number of H-pyrrole nitrogens is 1. The maximum Gasteiger partial charge on any atom is 0.231 e. The number of hydrogen-bond acceptors (Lipinski definition) is 5. The van der Waals surface area contributed by atoms with Crippen LogP contribution in [0.25, 0.3) is 27.7 Å². The molecule has 0 saturated heterocycles. The smallest absolute Gasteiger partial charge is 0.231 e. The lowest BCUT2D eigenvalue weighted by atomic mass is 9.99. The molecule has 9 nitrogen and oxygen atoms in total. The third kappa shape index (κ3) is 3.32. The molecule has 2 N–H and O–H groups in total. The van der Waals surface area contributed by atoms with E-state index in [1.807, 2.05) is 0 Å². The Kier molecular flexibility index (Phi) is 4.40. The molecule has 12 heteroatoms. The molecule has 4 heterocycles. The van der Waals surface area contributed by atoms with Crippen molar-refractivity contribution in [1.29, 1.82) is 0 Å². The van der Waals surface area contributed by atoms with Crippen molar-refractivity contribution in [1.82, 2.24) is 34.3 Å². The van der Waals surface area contributed by atoms with Crippen molar-refractivity contribution in [2.24, 2.45) is 5.92 Å². The van der Waals surface area contributed by atoms with Gasteiger partial charge < -0.3 is 9.72 Å². The van der Waals surface area contributed by atoms with Gasteiger partial charge in [0.25, 0.3) is 0 Å². The highest BCUT2D eigenvalue weighted by Gasteiger charge is 2.43. The largest absolute Gasteiger partial charge is 0.309 e. The van der Waals surface area contributed by atoms with Gasteiger partial charge in [0.2, 0.25) is 5.91 Å². The van der Waals surface area contributed by atoms with Crippen molar-refractivity contribution in [2.45, 2.75) is 19.1 Å². The van der Waals surface area contributed by atoms with Crippen LogP contribution in [0.15, 0.2) is 43.4 Å². The molecule has 1 aromatic carbocycles. The Labute approximate surface area is 189 Å². The van der Waals surface area contributed by atoms with Crippen LogP contribution in [0.4, 0.5) is 14.6 Å². The van der Waals surface area contributed by atoms with Crippen molar-refractivity contribution in [3.05, 3.63) is 59.8 Å². The molecule has 4 aromatic heterocycles. The van der Waals surface area contributed by atoms with E-state index < -0.39 is 17.9 Å². The second-order valence-corrected chi connectivity index (χ2v) is 8.27. The van der Waals surface area contributed by atoms with E-state index >= 15 is 4.39 Å². The number of amides is 1. The molecule has 1 aliphatic carbocycles. The van der Waals surface area contributed by atoms with Gasteiger partial charge in [-0.1, -0.05) is 11.6 Å². The van der Waals surface area contributed by atoms with E-state index in [4.69, 9.17) is 11.6 Å². The first kappa shape index (κ1) is 19.8. The van der Waals surface area contributed by atoms with Gasteiger partial charge in [-0.2, -0.15) is 10.2 Å². The number of nitrogens with one attached hydrogen (secondary N) is 2. The standard InChI is InChI=1S/C21H15ClF2N8O/c22-18-17(12-4-26-30-20(12)13(19(18)24)6-32-9-25-8-27-32)10-1-2-16-28-15(7-31(16)5-10)29-21(33)11-3-14(11)23/h1-2,4-5,7-9,11,14H,3,6H2,(H,26,30)(H,29,33)/t11-,14+/m1/s1. The number of anilines is 1. The fourth-order valence-corrected chi connectivity index (χ4v) is 4.26. The maximum absolute atomic E-state index is 15.4. The van der Waals surface area contributed by atoms with Crippen molar-refractivity contribution < 1.29 is 13.6 Å². The van der Waals surface area contributed by atoms with Crippen molar-refractivity contribution in [3.63, 3.8) is 0 Å². The van der Waals surface area contributed by atoms with E-state index in [1.165, 1.54) is 17.3 Å². The van der Waals surface area contributed by atoms with Gasteiger partial charge >= 0.3 is 0 Å². The number of nitrogens with zero attached hydrogens (tertiary/aromatic N) is 6. The highest BCUT2D eigenvalue weighted by atomic mass is 35.5. The Morgan fingerprint density at radius 2 is 2.18 bits per heavy atom. The third-order valence-corrected chi connectivity index (χ3v) is 6.07. The predicted molar refractivity (Wildman–Crippen MR) is 116 cm³/mol. The molecule has 1 aliphatic rings. The minimum Gasteiger partial charge on any atom is -0.309 e. The van der Waals surface area contributed by atoms with Gasteiger partial charge in [0, 0.05) is 28.3 Å². The first-order valence-electron chi connectivity index (χ1n) is 10.1. The predicted octanol–water partition coefficient (Wildman–Crippen LogP) is 3.61. The normalized spacial score (nSPS) is 17.7. The summed E-state index contributed by atoms with van der Waals surface area (Å²) in [6, 6.07) is 3.49. The van der Waals surface area contributed by atoms with Crippen LogP contribution in [0, 0.1) is 11.7 Å². The lowest BCUT2D eigenvalue weighted by molar-refractivity contribution is -0.117. The average Bonchev–Trinajstić information content (AvgIpc) is 3.22. The Balaban J connectivity index is 1.41. The topological polar surface area (TPSA) is 106 Å². The summed E-state index contributed by atoms with van der Waals surface area (Å²) in [5.74, 6) is -1.27. The Bertz CT molecular complexity index is 1530. The number of pyridine rings is 1.